The van der Waals surface area contributed by atoms with Crippen LogP contribution in [-0.4, -0.2) is 62.8 Å². The number of carbonyl (C=O) groups is 1. The lowest BCUT2D eigenvalue weighted by Gasteiger charge is -2.33. The Morgan fingerprint density at radius 3 is 2.26 bits per heavy atom. The molecule has 0 atom stereocenters. The monoisotopic (exact) mass is 393 g/mol. The lowest BCUT2D eigenvalue weighted by molar-refractivity contribution is -0.136. The molecule has 0 saturated carbocycles. The van der Waals surface area contributed by atoms with E-state index in [1.807, 2.05) is 37.8 Å². The van der Waals surface area contributed by atoms with Gasteiger partial charge in [0.05, 0.1) is 4.90 Å². The van der Waals surface area contributed by atoms with Crippen molar-refractivity contribution < 1.29 is 13.2 Å². The Hall–Kier alpha value is -1.44. The van der Waals surface area contributed by atoms with Gasteiger partial charge in [0.25, 0.3) is 0 Å². The summed E-state index contributed by atoms with van der Waals surface area (Å²) >= 11 is 0. The first kappa shape index (κ1) is 20.3. The average molecular weight is 394 g/mol. The van der Waals surface area contributed by atoms with Crippen molar-refractivity contribution in [3.05, 3.63) is 28.8 Å². The second kappa shape index (κ2) is 8.29. The van der Waals surface area contributed by atoms with Crippen molar-refractivity contribution in [2.75, 3.05) is 39.3 Å². The van der Waals surface area contributed by atoms with Gasteiger partial charge in [-0.1, -0.05) is 17.7 Å². The van der Waals surface area contributed by atoms with Gasteiger partial charge in [-0.3, -0.25) is 4.79 Å². The molecule has 6 nitrogen and oxygen atoms in total. The third kappa shape index (κ3) is 4.36. The van der Waals surface area contributed by atoms with Crippen LogP contribution in [0.2, 0.25) is 0 Å². The molecule has 1 amide bonds. The predicted octanol–water partition coefficient (Wildman–Crippen LogP) is 1.83. The Labute approximate surface area is 163 Å². The number of hydrogen-bond acceptors (Lipinski definition) is 4. The van der Waals surface area contributed by atoms with Crippen molar-refractivity contribution in [2.24, 2.45) is 5.92 Å². The van der Waals surface area contributed by atoms with Gasteiger partial charge in [-0.25, -0.2) is 8.42 Å². The minimum absolute atomic E-state index is 0.0604. The van der Waals surface area contributed by atoms with E-state index in [1.54, 1.807) is 4.31 Å². The lowest BCUT2D eigenvalue weighted by atomic mass is 9.96. The number of rotatable bonds is 3. The molecule has 0 radical (unpaired) electrons. The summed E-state index contributed by atoms with van der Waals surface area (Å²) in [6.07, 6.45) is 2.18. The van der Waals surface area contributed by atoms with E-state index in [0.717, 1.165) is 49.3 Å². The van der Waals surface area contributed by atoms with Crippen LogP contribution in [0.5, 0.6) is 0 Å². The van der Waals surface area contributed by atoms with Crippen LogP contribution in [0.4, 0.5) is 0 Å². The van der Waals surface area contributed by atoms with E-state index in [-0.39, 0.29) is 11.8 Å². The normalized spacial score (nSPS) is 20.5. The van der Waals surface area contributed by atoms with Crippen LogP contribution in [-0.2, 0) is 14.8 Å². The minimum Gasteiger partial charge on any atom is -0.341 e. The molecule has 2 fully saturated rings. The van der Waals surface area contributed by atoms with Crippen molar-refractivity contribution in [1.82, 2.24) is 14.5 Å². The van der Waals surface area contributed by atoms with Crippen molar-refractivity contribution in [2.45, 2.75) is 44.9 Å². The molecular weight excluding hydrogens is 362 g/mol. The third-order valence-corrected chi connectivity index (χ3v) is 7.86. The number of piperidine rings is 1. The Balaban J connectivity index is 1.69. The molecule has 1 N–H and O–H groups in total. The summed E-state index contributed by atoms with van der Waals surface area (Å²) in [6, 6.07) is 3.84. The Bertz CT molecular complexity index is 768. The number of sulfonamides is 1. The fraction of sp³-hybridized carbons (Fsp3) is 0.650. The summed E-state index contributed by atoms with van der Waals surface area (Å²) in [6.45, 7) is 9.86. The average Bonchev–Trinajstić information content (AvgIpc) is 2.89. The van der Waals surface area contributed by atoms with Crippen LogP contribution < -0.4 is 5.32 Å². The van der Waals surface area contributed by atoms with E-state index >= 15 is 0 Å². The first-order valence-corrected chi connectivity index (χ1v) is 11.3. The molecule has 2 saturated heterocycles. The largest absolute Gasteiger partial charge is 0.341 e. The third-order valence-electron chi connectivity index (χ3n) is 5.66. The Morgan fingerprint density at radius 2 is 1.63 bits per heavy atom. The molecule has 1 aromatic carbocycles. The number of hydrogen-bond donors (Lipinski definition) is 1. The van der Waals surface area contributed by atoms with Gasteiger partial charge < -0.3 is 10.2 Å². The number of nitrogens with zero attached hydrogens (tertiary/aromatic N) is 2. The number of carbonyl (C=O) groups excluding carboxylic acids is 1. The second-order valence-corrected chi connectivity index (χ2v) is 9.71. The molecule has 150 valence electrons. The highest BCUT2D eigenvalue weighted by molar-refractivity contribution is 7.89. The van der Waals surface area contributed by atoms with Gasteiger partial charge in [0, 0.05) is 38.6 Å². The summed E-state index contributed by atoms with van der Waals surface area (Å²) in [5.41, 5.74) is 2.66. The smallest absolute Gasteiger partial charge is 0.243 e. The van der Waals surface area contributed by atoms with Gasteiger partial charge >= 0.3 is 0 Å². The standard InChI is InChI=1S/C20H31N3O3S/c1-15-13-16(2)19(17(3)14-15)27(25,26)23-10-5-18(6-11-23)20(24)22-9-4-7-21-8-12-22/h13-14,18,21H,4-12H2,1-3H3. The fourth-order valence-corrected chi connectivity index (χ4v) is 6.25. The number of aryl methyl sites for hydroxylation is 3. The van der Waals surface area contributed by atoms with Gasteiger partial charge in [-0.05, 0) is 57.7 Å². The number of benzene rings is 1. The maximum atomic E-state index is 13.2. The summed E-state index contributed by atoms with van der Waals surface area (Å²) in [5, 5.41) is 3.31. The first-order chi connectivity index (χ1) is 12.8. The van der Waals surface area contributed by atoms with Crippen LogP contribution in [0.1, 0.15) is 36.0 Å². The quantitative estimate of drug-likeness (QED) is 0.851. The summed E-state index contributed by atoms with van der Waals surface area (Å²) in [4.78, 5) is 15.2. The highest BCUT2D eigenvalue weighted by Gasteiger charge is 2.35. The molecule has 3 rings (SSSR count). The molecule has 2 aliphatic rings. The van der Waals surface area contributed by atoms with Crippen LogP contribution in [0, 0.1) is 26.7 Å². The van der Waals surface area contributed by atoms with Crippen molar-refractivity contribution >= 4 is 15.9 Å². The Morgan fingerprint density at radius 1 is 1.00 bits per heavy atom. The summed E-state index contributed by atoms with van der Waals surface area (Å²) in [7, 11) is -3.52. The zero-order valence-corrected chi connectivity index (χ0v) is 17.4. The molecule has 27 heavy (non-hydrogen) atoms. The molecule has 2 aliphatic heterocycles. The zero-order chi connectivity index (χ0) is 19.6. The maximum Gasteiger partial charge on any atom is 0.243 e. The van der Waals surface area contributed by atoms with Gasteiger partial charge in [0.2, 0.25) is 15.9 Å². The molecule has 2 heterocycles. The topological polar surface area (TPSA) is 69.7 Å². The fourth-order valence-electron chi connectivity index (χ4n) is 4.37. The highest BCUT2D eigenvalue weighted by Crippen LogP contribution is 2.29. The van der Waals surface area contributed by atoms with E-state index in [2.05, 4.69) is 5.32 Å². The second-order valence-electron chi connectivity index (χ2n) is 7.84. The molecule has 0 unspecified atom stereocenters. The highest BCUT2D eigenvalue weighted by atomic mass is 32.2. The molecule has 0 aliphatic carbocycles. The van der Waals surface area contributed by atoms with Crippen LogP contribution in [0.15, 0.2) is 17.0 Å². The molecule has 1 aromatic rings. The van der Waals surface area contributed by atoms with Gasteiger partial charge in [0.1, 0.15) is 0 Å². The van der Waals surface area contributed by atoms with Crippen LogP contribution in [0.3, 0.4) is 0 Å². The molecule has 0 aromatic heterocycles. The van der Waals surface area contributed by atoms with Crippen molar-refractivity contribution in [3.63, 3.8) is 0 Å². The van der Waals surface area contributed by atoms with Crippen molar-refractivity contribution in [3.8, 4) is 0 Å². The van der Waals surface area contributed by atoms with E-state index < -0.39 is 10.0 Å². The summed E-state index contributed by atoms with van der Waals surface area (Å²) in [5.74, 6) is 0.133. The first-order valence-electron chi connectivity index (χ1n) is 9.88. The van der Waals surface area contributed by atoms with Gasteiger partial charge in [-0.15, -0.1) is 0 Å². The van der Waals surface area contributed by atoms with Gasteiger partial charge in [0.15, 0.2) is 0 Å². The molecule has 0 spiro atoms. The SMILES string of the molecule is Cc1cc(C)c(S(=O)(=O)N2CCC(C(=O)N3CCCNCC3)CC2)c(C)c1. The van der Waals surface area contributed by atoms with Crippen molar-refractivity contribution in [1.29, 1.82) is 0 Å². The summed E-state index contributed by atoms with van der Waals surface area (Å²) < 4.78 is 27.9. The lowest BCUT2D eigenvalue weighted by Crippen LogP contribution is -2.45. The van der Waals surface area contributed by atoms with E-state index in [9.17, 15) is 13.2 Å². The number of amides is 1. The molecule has 0 bridgehead atoms. The Kier molecular flexibility index (Phi) is 6.23. The minimum atomic E-state index is -3.52. The number of nitrogens with one attached hydrogen (secondary N) is 1. The van der Waals surface area contributed by atoms with Crippen LogP contribution >= 0.6 is 0 Å². The zero-order valence-electron chi connectivity index (χ0n) is 16.6. The van der Waals surface area contributed by atoms with E-state index in [1.165, 1.54) is 0 Å². The van der Waals surface area contributed by atoms with E-state index in [0.29, 0.717) is 30.8 Å². The molecule has 7 heteroatoms. The molecular formula is C20H31N3O3S. The predicted molar refractivity (Wildman–Crippen MR) is 106 cm³/mol. The van der Waals surface area contributed by atoms with Crippen LogP contribution in [0.25, 0.3) is 0 Å². The van der Waals surface area contributed by atoms with E-state index in [4.69, 9.17) is 0 Å². The van der Waals surface area contributed by atoms with Gasteiger partial charge in [-0.2, -0.15) is 4.31 Å². The maximum absolute atomic E-state index is 13.2.